The maximum Gasteiger partial charge on any atom is 0.0661 e. The van der Waals surface area contributed by atoms with Gasteiger partial charge in [0.2, 0.25) is 0 Å². The third kappa shape index (κ3) is 2.62. The molecule has 1 unspecified atom stereocenters. The second kappa shape index (κ2) is 5.46. The molecule has 0 aliphatic rings. The van der Waals surface area contributed by atoms with E-state index in [0.717, 1.165) is 10.6 Å². The van der Waals surface area contributed by atoms with Crippen molar-refractivity contribution in [2.45, 2.75) is 25.6 Å². The molecule has 0 saturated heterocycles. The molecule has 2 aromatic carbocycles. The number of hydrogen-bond acceptors (Lipinski definition) is 0. The van der Waals surface area contributed by atoms with E-state index < -0.39 is 0 Å². The van der Waals surface area contributed by atoms with Crippen LogP contribution in [0.5, 0.6) is 0 Å². The number of alkyl halides is 1. The summed E-state index contributed by atoms with van der Waals surface area (Å²) in [6, 6.07) is 12.6. The molecule has 2 aromatic rings. The minimum atomic E-state index is 0.144. The van der Waals surface area contributed by atoms with Crippen molar-refractivity contribution in [3.63, 3.8) is 0 Å². The van der Waals surface area contributed by atoms with Gasteiger partial charge in [0.25, 0.3) is 0 Å². The van der Waals surface area contributed by atoms with Crippen molar-refractivity contribution in [3.8, 4) is 0 Å². The highest BCUT2D eigenvalue weighted by molar-refractivity contribution is 9.09. The van der Waals surface area contributed by atoms with Gasteiger partial charge in [-0.15, -0.1) is 0 Å². The molecule has 1 atom stereocenters. The summed E-state index contributed by atoms with van der Waals surface area (Å²) < 4.78 is 0. The van der Waals surface area contributed by atoms with E-state index in [1.165, 1.54) is 22.3 Å². The fraction of sp³-hybridized carbons (Fsp3) is 0.250. The highest BCUT2D eigenvalue weighted by atomic mass is 79.9. The minimum absolute atomic E-state index is 0.144. The van der Waals surface area contributed by atoms with Crippen molar-refractivity contribution in [2.75, 3.05) is 0 Å². The standard InChI is InChI=1S/C16H16BrCl/c1-10-6-4-5-7-13(10)16(17)14-8-11(2)12(3)9-15(14)18/h4-9,16H,1-3H3. The normalized spacial score (nSPS) is 12.5. The van der Waals surface area contributed by atoms with Crippen LogP contribution in [0.2, 0.25) is 5.02 Å². The molecule has 0 amide bonds. The van der Waals surface area contributed by atoms with Crippen molar-refractivity contribution in [1.82, 2.24) is 0 Å². The van der Waals surface area contributed by atoms with Gasteiger partial charge in [-0.1, -0.05) is 57.9 Å². The average Bonchev–Trinajstić information content (AvgIpc) is 2.33. The van der Waals surface area contributed by atoms with Gasteiger partial charge in [0, 0.05) is 5.02 Å². The minimum Gasteiger partial charge on any atom is -0.0840 e. The zero-order valence-electron chi connectivity index (χ0n) is 10.8. The molecule has 0 saturated carbocycles. The highest BCUT2D eigenvalue weighted by Gasteiger charge is 2.16. The molecule has 2 rings (SSSR count). The lowest BCUT2D eigenvalue weighted by atomic mass is 9.97. The van der Waals surface area contributed by atoms with Crippen LogP contribution in [0.4, 0.5) is 0 Å². The fourth-order valence-corrected chi connectivity index (χ4v) is 3.39. The van der Waals surface area contributed by atoms with Crippen LogP contribution in [0.1, 0.15) is 32.6 Å². The first-order chi connectivity index (χ1) is 8.50. The Morgan fingerprint density at radius 1 is 0.889 bits per heavy atom. The largest absolute Gasteiger partial charge is 0.0840 e. The van der Waals surface area contributed by atoms with Gasteiger partial charge >= 0.3 is 0 Å². The van der Waals surface area contributed by atoms with E-state index >= 15 is 0 Å². The van der Waals surface area contributed by atoms with Crippen molar-refractivity contribution >= 4 is 27.5 Å². The van der Waals surface area contributed by atoms with Gasteiger partial charge in [-0.3, -0.25) is 0 Å². The SMILES string of the molecule is Cc1cc(Cl)c(C(Br)c2ccccc2C)cc1C. The van der Waals surface area contributed by atoms with Crippen LogP contribution in [0, 0.1) is 20.8 Å². The van der Waals surface area contributed by atoms with E-state index in [1.54, 1.807) is 0 Å². The van der Waals surface area contributed by atoms with E-state index in [4.69, 9.17) is 11.6 Å². The zero-order chi connectivity index (χ0) is 13.3. The smallest absolute Gasteiger partial charge is 0.0661 e. The number of rotatable bonds is 2. The Morgan fingerprint density at radius 2 is 1.50 bits per heavy atom. The first-order valence-corrected chi connectivity index (χ1v) is 7.26. The lowest BCUT2D eigenvalue weighted by Crippen LogP contribution is -1.98. The Bertz CT molecular complexity index is 575. The number of benzene rings is 2. The molecule has 94 valence electrons. The third-order valence-corrected chi connectivity index (χ3v) is 4.66. The fourth-order valence-electron chi connectivity index (χ4n) is 2.04. The van der Waals surface area contributed by atoms with Crippen molar-refractivity contribution in [1.29, 1.82) is 0 Å². The van der Waals surface area contributed by atoms with Crippen LogP contribution in [0.15, 0.2) is 36.4 Å². The molecule has 0 aliphatic heterocycles. The molecule has 0 aromatic heterocycles. The van der Waals surface area contributed by atoms with Crippen LogP contribution >= 0.6 is 27.5 Å². The molecule has 0 fully saturated rings. The molecule has 0 N–H and O–H groups in total. The second-order valence-electron chi connectivity index (χ2n) is 4.68. The quantitative estimate of drug-likeness (QED) is 0.617. The van der Waals surface area contributed by atoms with Gasteiger partial charge in [0.15, 0.2) is 0 Å². The first kappa shape index (κ1) is 13.6. The van der Waals surface area contributed by atoms with Gasteiger partial charge in [-0.2, -0.15) is 0 Å². The van der Waals surface area contributed by atoms with Crippen molar-refractivity contribution in [3.05, 3.63) is 69.2 Å². The van der Waals surface area contributed by atoms with Crippen molar-refractivity contribution in [2.24, 2.45) is 0 Å². The molecule has 0 spiro atoms. The summed E-state index contributed by atoms with van der Waals surface area (Å²) in [6.45, 7) is 6.33. The molecular weight excluding hydrogens is 308 g/mol. The lowest BCUT2D eigenvalue weighted by molar-refractivity contribution is 1.13. The Kier molecular flexibility index (Phi) is 4.14. The summed E-state index contributed by atoms with van der Waals surface area (Å²) in [7, 11) is 0. The van der Waals surface area contributed by atoms with E-state index in [0.29, 0.717) is 0 Å². The molecule has 0 heterocycles. The number of halogens is 2. The Balaban J connectivity index is 2.50. The van der Waals surface area contributed by atoms with Gasteiger partial charge in [0.1, 0.15) is 0 Å². The first-order valence-electron chi connectivity index (χ1n) is 5.97. The summed E-state index contributed by atoms with van der Waals surface area (Å²) in [5, 5.41) is 0.822. The summed E-state index contributed by atoms with van der Waals surface area (Å²) >= 11 is 10.1. The average molecular weight is 324 g/mol. The van der Waals surface area contributed by atoms with Crippen LogP contribution in [0.25, 0.3) is 0 Å². The molecule has 0 bridgehead atoms. The topological polar surface area (TPSA) is 0 Å². The van der Waals surface area contributed by atoms with Gasteiger partial charge < -0.3 is 0 Å². The Morgan fingerprint density at radius 3 is 2.17 bits per heavy atom. The number of aryl methyl sites for hydroxylation is 3. The summed E-state index contributed by atoms with van der Waals surface area (Å²) in [5.41, 5.74) is 6.17. The Hall–Kier alpha value is -0.790. The highest BCUT2D eigenvalue weighted by Crippen LogP contribution is 2.37. The summed E-state index contributed by atoms with van der Waals surface area (Å²) in [6.07, 6.45) is 0. The van der Waals surface area contributed by atoms with E-state index in [9.17, 15) is 0 Å². The van der Waals surface area contributed by atoms with E-state index in [-0.39, 0.29) is 4.83 Å². The third-order valence-electron chi connectivity index (χ3n) is 3.35. The summed E-state index contributed by atoms with van der Waals surface area (Å²) in [4.78, 5) is 0.144. The summed E-state index contributed by atoms with van der Waals surface area (Å²) in [5.74, 6) is 0. The Labute approximate surface area is 122 Å². The molecule has 0 nitrogen and oxygen atoms in total. The predicted octanol–water partition coefficient (Wildman–Crippen LogP) is 5.75. The van der Waals surface area contributed by atoms with Crippen LogP contribution in [0.3, 0.4) is 0 Å². The maximum absolute atomic E-state index is 6.37. The number of hydrogen-bond donors (Lipinski definition) is 0. The molecule has 18 heavy (non-hydrogen) atoms. The van der Waals surface area contributed by atoms with E-state index in [2.05, 4.69) is 67.0 Å². The molecule has 0 radical (unpaired) electrons. The van der Waals surface area contributed by atoms with Crippen LogP contribution < -0.4 is 0 Å². The molecule has 0 aliphatic carbocycles. The van der Waals surface area contributed by atoms with Crippen LogP contribution in [-0.4, -0.2) is 0 Å². The monoisotopic (exact) mass is 322 g/mol. The molecule has 2 heteroatoms. The van der Waals surface area contributed by atoms with Gasteiger partial charge in [-0.25, -0.2) is 0 Å². The zero-order valence-corrected chi connectivity index (χ0v) is 13.1. The van der Waals surface area contributed by atoms with Crippen molar-refractivity contribution < 1.29 is 0 Å². The van der Waals surface area contributed by atoms with Crippen LogP contribution in [-0.2, 0) is 0 Å². The van der Waals surface area contributed by atoms with E-state index in [1.807, 2.05) is 6.07 Å². The predicted molar refractivity (Wildman–Crippen MR) is 82.9 cm³/mol. The molecular formula is C16H16BrCl. The second-order valence-corrected chi connectivity index (χ2v) is 6.00. The lowest BCUT2D eigenvalue weighted by Gasteiger charge is -2.16. The van der Waals surface area contributed by atoms with Gasteiger partial charge in [0.05, 0.1) is 4.83 Å². The van der Waals surface area contributed by atoms with Gasteiger partial charge in [-0.05, 0) is 54.7 Å². The maximum atomic E-state index is 6.37.